The minimum Gasteiger partial charge on any atom is -0.336 e. The van der Waals surface area contributed by atoms with Crippen molar-refractivity contribution in [3.63, 3.8) is 0 Å². The number of piperidine rings is 1. The standard InChI is InChI=1S/C14H16BrCl2NO/c15-10-4-5-13(17)12(9-10)14(19)18-8-2-1-3-11(18)6-7-16/h4-5,9,11H,1-3,6-8H2. The molecule has 1 unspecified atom stereocenters. The van der Waals surface area contributed by atoms with Crippen LogP contribution in [0.4, 0.5) is 0 Å². The monoisotopic (exact) mass is 363 g/mol. The Labute approximate surface area is 132 Å². The molecule has 1 atom stereocenters. The second-order valence-electron chi connectivity index (χ2n) is 4.75. The highest BCUT2D eigenvalue weighted by molar-refractivity contribution is 9.10. The van der Waals surface area contributed by atoms with Crippen molar-refractivity contribution < 1.29 is 4.79 Å². The quantitative estimate of drug-likeness (QED) is 0.710. The molecule has 0 bridgehead atoms. The number of rotatable bonds is 3. The summed E-state index contributed by atoms with van der Waals surface area (Å²) in [5, 5.41) is 0.503. The first kappa shape index (κ1) is 15.1. The van der Waals surface area contributed by atoms with Gasteiger partial charge >= 0.3 is 0 Å². The molecule has 1 fully saturated rings. The summed E-state index contributed by atoms with van der Waals surface area (Å²) in [6.45, 7) is 0.795. The number of nitrogens with zero attached hydrogens (tertiary/aromatic N) is 1. The van der Waals surface area contributed by atoms with Gasteiger partial charge in [0.25, 0.3) is 5.91 Å². The van der Waals surface area contributed by atoms with Crippen LogP contribution < -0.4 is 0 Å². The summed E-state index contributed by atoms with van der Waals surface area (Å²) in [6.07, 6.45) is 4.09. The maximum absolute atomic E-state index is 12.6. The van der Waals surface area contributed by atoms with Gasteiger partial charge in [-0.25, -0.2) is 0 Å². The molecule has 1 amide bonds. The van der Waals surface area contributed by atoms with Crippen LogP contribution in [0.3, 0.4) is 0 Å². The van der Waals surface area contributed by atoms with Gasteiger partial charge in [0.1, 0.15) is 0 Å². The number of amides is 1. The lowest BCUT2D eigenvalue weighted by atomic mass is 9.99. The molecule has 1 heterocycles. The maximum Gasteiger partial charge on any atom is 0.255 e. The molecule has 0 N–H and O–H groups in total. The molecule has 19 heavy (non-hydrogen) atoms. The van der Waals surface area contributed by atoms with E-state index < -0.39 is 0 Å². The van der Waals surface area contributed by atoms with Crippen LogP contribution in [-0.4, -0.2) is 29.3 Å². The minimum absolute atomic E-state index is 0.0149. The second kappa shape index (κ2) is 6.96. The fraction of sp³-hybridized carbons (Fsp3) is 0.500. The van der Waals surface area contributed by atoms with Crippen molar-refractivity contribution in [3.8, 4) is 0 Å². The summed E-state index contributed by atoms with van der Waals surface area (Å²) in [5.41, 5.74) is 0.567. The van der Waals surface area contributed by atoms with Crippen molar-refractivity contribution >= 4 is 45.0 Å². The van der Waals surface area contributed by atoms with Crippen molar-refractivity contribution in [2.24, 2.45) is 0 Å². The van der Waals surface area contributed by atoms with Crippen LogP contribution in [0.2, 0.25) is 5.02 Å². The smallest absolute Gasteiger partial charge is 0.255 e. The zero-order valence-electron chi connectivity index (χ0n) is 10.5. The molecule has 0 radical (unpaired) electrons. The van der Waals surface area contributed by atoms with Crippen LogP contribution in [0.1, 0.15) is 36.0 Å². The van der Waals surface area contributed by atoms with Crippen LogP contribution in [0, 0.1) is 0 Å². The van der Waals surface area contributed by atoms with E-state index in [9.17, 15) is 4.79 Å². The summed E-state index contributed by atoms with van der Waals surface area (Å²) in [7, 11) is 0. The fourth-order valence-corrected chi connectivity index (χ4v) is 3.32. The summed E-state index contributed by atoms with van der Waals surface area (Å²) in [6, 6.07) is 5.62. The van der Waals surface area contributed by atoms with Crippen molar-refractivity contribution in [1.29, 1.82) is 0 Å². The van der Waals surface area contributed by atoms with Crippen molar-refractivity contribution in [2.75, 3.05) is 12.4 Å². The lowest BCUT2D eigenvalue weighted by Crippen LogP contribution is -2.44. The van der Waals surface area contributed by atoms with E-state index in [4.69, 9.17) is 23.2 Å². The number of likely N-dealkylation sites (tertiary alicyclic amines) is 1. The van der Waals surface area contributed by atoms with E-state index in [0.29, 0.717) is 16.5 Å². The number of carbonyl (C=O) groups is 1. The molecule has 0 aliphatic carbocycles. The molecule has 0 spiro atoms. The maximum atomic E-state index is 12.6. The molecule has 1 aromatic carbocycles. The Morgan fingerprint density at radius 2 is 2.21 bits per heavy atom. The van der Waals surface area contributed by atoms with E-state index in [0.717, 1.165) is 36.7 Å². The Balaban J connectivity index is 2.23. The molecule has 1 saturated heterocycles. The van der Waals surface area contributed by atoms with Gasteiger partial charge in [-0.3, -0.25) is 4.79 Å². The molecule has 0 saturated carbocycles. The van der Waals surface area contributed by atoms with Gasteiger partial charge in [-0.1, -0.05) is 27.5 Å². The average Bonchev–Trinajstić information content (AvgIpc) is 2.42. The van der Waals surface area contributed by atoms with Gasteiger partial charge in [0.05, 0.1) is 10.6 Å². The summed E-state index contributed by atoms with van der Waals surface area (Å²) in [4.78, 5) is 14.6. The largest absolute Gasteiger partial charge is 0.336 e. The van der Waals surface area contributed by atoms with Crippen LogP contribution in [0.5, 0.6) is 0 Å². The molecule has 1 aromatic rings. The highest BCUT2D eigenvalue weighted by atomic mass is 79.9. The Morgan fingerprint density at radius 3 is 2.95 bits per heavy atom. The third kappa shape index (κ3) is 3.65. The highest BCUT2D eigenvalue weighted by Gasteiger charge is 2.28. The van der Waals surface area contributed by atoms with E-state index >= 15 is 0 Å². The summed E-state index contributed by atoms with van der Waals surface area (Å²) >= 11 is 15.4. The second-order valence-corrected chi connectivity index (χ2v) is 6.45. The van der Waals surface area contributed by atoms with Gasteiger partial charge in [0, 0.05) is 22.9 Å². The van der Waals surface area contributed by atoms with E-state index in [1.54, 1.807) is 12.1 Å². The Kier molecular flexibility index (Phi) is 5.55. The van der Waals surface area contributed by atoms with Gasteiger partial charge in [-0.05, 0) is 43.9 Å². The normalized spacial score (nSPS) is 19.5. The predicted octanol–water partition coefficient (Wildman–Crippen LogP) is 4.73. The van der Waals surface area contributed by atoms with E-state index in [1.807, 2.05) is 11.0 Å². The van der Waals surface area contributed by atoms with E-state index in [1.165, 1.54) is 0 Å². The third-order valence-corrected chi connectivity index (χ3v) is 4.53. The van der Waals surface area contributed by atoms with E-state index in [-0.39, 0.29) is 11.9 Å². The molecule has 2 rings (SSSR count). The van der Waals surface area contributed by atoms with Gasteiger partial charge in [0.15, 0.2) is 0 Å². The number of halogens is 3. The molecule has 0 aromatic heterocycles. The first-order chi connectivity index (χ1) is 9.13. The molecule has 1 aliphatic rings. The molecule has 1 aliphatic heterocycles. The molecule has 104 valence electrons. The lowest BCUT2D eigenvalue weighted by molar-refractivity contribution is 0.0609. The van der Waals surface area contributed by atoms with Crippen LogP contribution in [0.25, 0.3) is 0 Å². The molecule has 2 nitrogen and oxygen atoms in total. The highest BCUT2D eigenvalue weighted by Crippen LogP contribution is 2.27. The van der Waals surface area contributed by atoms with Crippen LogP contribution in [-0.2, 0) is 0 Å². The zero-order chi connectivity index (χ0) is 13.8. The Hall–Kier alpha value is -0.250. The SMILES string of the molecule is O=C(c1cc(Br)ccc1Cl)N1CCCCC1CCCl. The van der Waals surface area contributed by atoms with Gasteiger partial charge in [0.2, 0.25) is 0 Å². The number of hydrogen-bond acceptors (Lipinski definition) is 1. The topological polar surface area (TPSA) is 20.3 Å². The third-order valence-electron chi connectivity index (χ3n) is 3.49. The first-order valence-corrected chi connectivity index (χ1v) is 8.16. The first-order valence-electron chi connectivity index (χ1n) is 6.45. The molecular formula is C14H16BrCl2NO. The number of carbonyl (C=O) groups excluding carboxylic acids is 1. The predicted molar refractivity (Wildman–Crippen MR) is 83.2 cm³/mol. The molecular weight excluding hydrogens is 349 g/mol. The lowest BCUT2D eigenvalue weighted by Gasteiger charge is -2.35. The Bertz CT molecular complexity index is 465. The number of hydrogen-bond donors (Lipinski definition) is 0. The van der Waals surface area contributed by atoms with Gasteiger partial charge in [-0.15, -0.1) is 11.6 Å². The number of alkyl halides is 1. The number of benzene rings is 1. The fourth-order valence-electron chi connectivity index (χ4n) is 2.51. The summed E-state index contributed by atoms with van der Waals surface area (Å²) < 4.78 is 0.867. The van der Waals surface area contributed by atoms with Crippen molar-refractivity contribution in [1.82, 2.24) is 4.90 Å². The minimum atomic E-state index is 0.0149. The van der Waals surface area contributed by atoms with E-state index in [2.05, 4.69) is 15.9 Å². The molecule has 5 heteroatoms. The Morgan fingerprint density at radius 1 is 1.42 bits per heavy atom. The van der Waals surface area contributed by atoms with Crippen LogP contribution >= 0.6 is 39.1 Å². The zero-order valence-corrected chi connectivity index (χ0v) is 13.6. The van der Waals surface area contributed by atoms with Crippen molar-refractivity contribution in [2.45, 2.75) is 31.7 Å². The average molecular weight is 365 g/mol. The van der Waals surface area contributed by atoms with Gasteiger partial charge in [-0.2, -0.15) is 0 Å². The van der Waals surface area contributed by atoms with Crippen LogP contribution in [0.15, 0.2) is 22.7 Å². The summed E-state index contributed by atoms with van der Waals surface area (Å²) in [5.74, 6) is 0.599. The van der Waals surface area contributed by atoms with Crippen molar-refractivity contribution in [3.05, 3.63) is 33.3 Å². The van der Waals surface area contributed by atoms with Gasteiger partial charge < -0.3 is 4.90 Å².